The van der Waals surface area contributed by atoms with Crippen LogP contribution in [-0.2, 0) is 6.18 Å². The van der Waals surface area contributed by atoms with Crippen LogP contribution in [0.1, 0.15) is 29.9 Å². The molecule has 1 aromatic carbocycles. The first-order valence-corrected chi connectivity index (χ1v) is 10.2. The molecule has 0 aliphatic carbocycles. The summed E-state index contributed by atoms with van der Waals surface area (Å²) in [5.74, 6) is -1.54. The van der Waals surface area contributed by atoms with E-state index in [-0.39, 0.29) is 24.2 Å². The van der Waals surface area contributed by atoms with Crippen LogP contribution >= 0.6 is 0 Å². The van der Waals surface area contributed by atoms with E-state index < -0.39 is 29.2 Å². The lowest BCUT2D eigenvalue weighted by Crippen LogP contribution is -2.54. The van der Waals surface area contributed by atoms with Crippen molar-refractivity contribution in [1.29, 1.82) is 0 Å². The summed E-state index contributed by atoms with van der Waals surface area (Å²) in [5, 5.41) is 6.31. The number of hydrogen-bond acceptors (Lipinski definition) is 4. The first-order chi connectivity index (χ1) is 14.6. The van der Waals surface area contributed by atoms with Gasteiger partial charge < -0.3 is 10.2 Å². The van der Waals surface area contributed by atoms with E-state index in [4.69, 9.17) is 0 Å². The number of benzene rings is 1. The van der Waals surface area contributed by atoms with Gasteiger partial charge in [0.25, 0.3) is 5.91 Å². The Balaban J connectivity index is 1.82. The van der Waals surface area contributed by atoms with E-state index in [2.05, 4.69) is 20.2 Å². The van der Waals surface area contributed by atoms with Crippen molar-refractivity contribution >= 4 is 5.91 Å². The Hall–Kier alpha value is -2.46. The van der Waals surface area contributed by atoms with Gasteiger partial charge in [0.1, 0.15) is 11.5 Å². The Morgan fingerprint density at radius 3 is 2.39 bits per heavy atom. The third-order valence-corrected chi connectivity index (χ3v) is 5.61. The Labute approximate surface area is 178 Å². The maximum absolute atomic E-state index is 14.1. The van der Waals surface area contributed by atoms with Crippen molar-refractivity contribution in [2.45, 2.75) is 26.1 Å². The lowest BCUT2D eigenvalue weighted by molar-refractivity contribution is -0.143. The third-order valence-electron chi connectivity index (χ3n) is 5.61. The second-order valence-corrected chi connectivity index (χ2v) is 8.13. The minimum absolute atomic E-state index is 0.00593. The van der Waals surface area contributed by atoms with Crippen molar-refractivity contribution in [1.82, 2.24) is 24.9 Å². The van der Waals surface area contributed by atoms with Gasteiger partial charge in [0.2, 0.25) is 0 Å². The second-order valence-electron chi connectivity index (χ2n) is 8.13. The molecule has 1 aliphatic rings. The van der Waals surface area contributed by atoms with Gasteiger partial charge in [0, 0.05) is 38.8 Å². The Kier molecular flexibility index (Phi) is 7.00. The van der Waals surface area contributed by atoms with Crippen molar-refractivity contribution in [3.8, 4) is 5.69 Å². The standard InChI is InChI=1S/C21H27F4N5O/c1-14(2)18(29-10-8-28(3)9-11-29)13-26-20(31)15-12-27-30(19(15)21(23,24)25)17-7-5-4-6-16(17)22/h4-7,12,14,18H,8-11,13H2,1-3H3,(H,26,31). The highest BCUT2D eigenvalue weighted by Gasteiger charge is 2.41. The van der Waals surface area contributed by atoms with Crippen LogP contribution in [-0.4, -0.2) is 71.3 Å². The maximum atomic E-state index is 14.1. The smallest absolute Gasteiger partial charge is 0.350 e. The minimum atomic E-state index is -4.89. The molecular weight excluding hydrogens is 414 g/mol. The molecular formula is C21H27F4N5O. The first kappa shape index (κ1) is 23.2. The number of alkyl halides is 3. The van der Waals surface area contributed by atoms with Gasteiger partial charge >= 0.3 is 6.18 Å². The van der Waals surface area contributed by atoms with Crippen LogP contribution < -0.4 is 5.32 Å². The molecule has 1 fully saturated rings. The lowest BCUT2D eigenvalue weighted by atomic mass is 10.0. The average molecular weight is 441 g/mol. The summed E-state index contributed by atoms with van der Waals surface area (Å²) < 4.78 is 55.9. The molecule has 2 aromatic rings. The number of nitrogens with one attached hydrogen (secondary N) is 1. The number of carbonyl (C=O) groups excluding carboxylic acids is 1. The number of rotatable bonds is 6. The molecule has 31 heavy (non-hydrogen) atoms. The second kappa shape index (κ2) is 9.35. The Morgan fingerprint density at radius 2 is 1.81 bits per heavy atom. The van der Waals surface area contributed by atoms with Crippen molar-refractivity contribution < 1.29 is 22.4 Å². The zero-order valence-electron chi connectivity index (χ0n) is 17.8. The van der Waals surface area contributed by atoms with Gasteiger partial charge in [-0.25, -0.2) is 9.07 Å². The van der Waals surface area contributed by atoms with E-state index in [0.717, 1.165) is 38.4 Å². The molecule has 0 bridgehead atoms. The van der Waals surface area contributed by atoms with E-state index >= 15 is 0 Å². The fourth-order valence-electron chi connectivity index (χ4n) is 3.83. The quantitative estimate of drug-likeness (QED) is 0.701. The summed E-state index contributed by atoms with van der Waals surface area (Å²) in [7, 11) is 2.04. The molecule has 0 saturated carbocycles. The maximum Gasteiger partial charge on any atom is 0.434 e. The summed E-state index contributed by atoms with van der Waals surface area (Å²) in [5.41, 5.74) is -2.29. The Morgan fingerprint density at radius 1 is 1.16 bits per heavy atom. The summed E-state index contributed by atoms with van der Waals surface area (Å²) >= 11 is 0. The molecule has 1 saturated heterocycles. The molecule has 1 atom stereocenters. The van der Waals surface area contributed by atoms with E-state index in [1.165, 1.54) is 18.2 Å². The molecule has 1 N–H and O–H groups in total. The molecule has 1 aromatic heterocycles. The van der Waals surface area contributed by atoms with Crippen LogP contribution in [0.25, 0.3) is 5.69 Å². The van der Waals surface area contributed by atoms with E-state index in [1.807, 2.05) is 20.9 Å². The van der Waals surface area contributed by atoms with Crippen molar-refractivity contribution in [2.75, 3.05) is 39.8 Å². The average Bonchev–Trinajstić information content (AvgIpc) is 3.15. The molecule has 1 unspecified atom stereocenters. The minimum Gasteiger partial charge on any atom is -0.350 e. The monoisotopic (exact) mass is 441 g/mol. The number of amides is 1. The summed E-state index contributed by atoms with van der Waals surface area (Å²) in [4.78, 5) is 17.2. The molecule has 2 heterocycles. The number of nitrogens with zero attached hydrogens (tertiary/aromatic N) is 4. The highest BCUT2D eigenvalue weighted by atomic mass is 19.4. The predicted molar refractivity (Wildman–Crippen MR) is 109 cm³/mol. The summed E-state index contributed by atoms with van der Waals surface area (Å²) in [6, 6.07) is 4.99. The van der Waals surface area contributed by atoms with Crippen LogP contribution in [0.5, 0.6) is 0 Å². The SMILES string of the molecule is CC(C)C(CNC(=O)c1cnn(-c2ccccc2F)c1C(F)(F)F)N1CCN(C)CC1. The zero-order chi connectivity index (χ0) is 22.8. The van der Waals surface area contributed by atoms with Crippen molar-refractivity contribution in [3.63, 3.8) is 0 Å². The number of carbonyl (C=O) groups is 1. The van der Waals surface area contributed by atoms with Gasteiger partial charge in [-0.2, -0.15) is 18.3 Å². The number of piperazine rings is 1. The van der Waals surface area contributed by atoms with Crippen LogP contribution in [0.2, 0.25) is 0 Å². The van der Waals surface area contributed by atoms with Gasteiger partial charge in [0.15, 0.2) is 5.69 Å². The molecule has 1 aliphatic heterocycles. The van der Waals surface area contributed by atoms with Gasteiger partial charge in [-0.3, -0.25) is 9.69 Å². The van der Waals surface area contributed by atoms with E-state index in [1.54, 1.807) is 0 Å². The molecule has 0 spiro atoms. The normalized spacial score (nSPS) is 17.2. The summed E-state index contributed by atoms with van der Waals surface area (Å²) in [6.07, 6.45) is -4.05. The van der Waals surface area contributed by atoms with Crippen molar-refractivity contribution in [3.05, 3.63) is 47.5 Å². The van der Waals surface area contributed by atoms with Gasteiger partial charge in [-0.1, -0.05) is 26.0 Å². The number of aromatic nitrogens is 2. The summed E-state index contributed by atoms with van der Waals surface area (Å²) in [6.45, 7) is 7.69. The predicted octanol–water partition coefficient (Wildman–Crippen LogP) is 3.03. The number of likely N-dealkylation sites (N-methyl/N-ethyl adjacent to an activating group) is 1. The van der Waals surface area contributed by atoms with Crippen LogP contribution in [0.4, 0.5) is 17.6 Å². The number of para-hydroxylation sites is 1. The number of halogens is 4. The fourth-order valence-corrected chi connectivity index (χ4v) is 3.83. The fraction of sp³-hybridized carbons (Fsp3) is 0.524. The molecule has 10 heteroatoms. The molecule has 3 rings (SSSR count). The van der Waals surface area contributed by atoms with E-state index in [9.17, 15) is 22.4 Å². The third kappa shape index (κ3) is 5.24. The highest BCUT2D eigenvalue weighted by molar-refractivity contribution is 5.95. The topological polar surface area (TPSA) is 53.4 Å². The van der Waals surface area contributed by atoms with E-state index in [0.29, 0.717) is 4.68 Å². The first-order valence-electron chi connectivity index (χ1n) is 10.2. The number of hydrogen-bond donors (Lipinski definition) is 1. The molecule has 170 valence electrons. The van der Waals surface area contributed by atoms with Gasteiger partial charge in [0.05, 0.1) is 11.8 Å². The molecule has 1 amide bonds. The Bertz CT molecular complexity index is 903. The van der Waals surface area contributed by atoms with Crippen LogP contribution in [0.15, 0.2) is 30.5 Å². The lowest BCUT2D eigenvalue weighted by Gasteiger charge is -2.39. The van der Waals surface area contributed by atoms with Crippen LogP contribution in [0, 0.1) is 11.7 Å². The largest absolute Gasteiger partial charge is 0.434 e. The van der Waals surface area contributed by atoms with Gasteiger partial charge in [-0.05, 0) is 25.1 Å². The van der Waals surface area contributed by atoms with Gasteiger partial charge in [-0.15, -0.1) is 0 Å². The highest BCUT2D eigenvalue weighted by Crippen LogP contribution is 2.34. The van der Waals surface area contributed by atoms with Crippen LogP contribution in [0.3, 0.4) is 0 Å². The zero-order valence-corrected chi connectivity index (χ0v) is 17.8. The molecule has 6 nitrogen and oxygen atoms in total. The van der Waals surface area contributed by atoms with Crippen molar-refractivity contribution in [2.24, 2.45) is 5.92 Å². The molecule has 0 radical (unpaired) electrons.